The highest BCUT2D eigenvalue weighted by molar-refractivity contribution is 8.00. The van der Waals surface area contributed by atoms with E-state index in [-0.39, 0.29) is 39.7 Å². The summed E-state index contributed by atoms with van der Waals surface area (Å²) in [7, 11) is 0. The van der Waals surface area contributed by atoms with Crippen molar-refractivity contribution in [1.29, 1.82) is 0 Å². The number of hydrogen-bond donors (Lipinski definition) is 1. The number of benzene rings is 2. The van der Waals surface area contributed by atoms with Gasteiger partial charge in [0.25, 0.3) is 11.8 Å². The zero-order chi connectivity index (χ0) is 18.7. The van der Waals surface area contributed by atoms with Crippen molar-refractivity contribution in [3.8, 4) is 11.5 Å². The van der Waals surface area contributed by atoms with Crippen molar-refractivity contribution < 1.29 is 26.8 Å². The second-order valence-corrected chi connectivity index (χ2v) is 6.06. The van der Waals surface area contributed by atoms with Gasteiger partial charge in [-0.1, -0.05) is 23.3 Å². The first-order valence-electron chi connectivity index (χ1n) is 7.07. The number of carbonyl (C=O) groups excluding carboxylic acids is 1. The molecule has 0 spiro atoms. The van der Waals surface area contributed by atoms with Gasteiger partial charge in [-0.05, 0) is 42.1 Å². The number of thioether (sulfide) groups is 1. The molecule has 0 unspecified atom stereocenters. The number of rotatable bonds is 4. The van der Waals surface area contributed by atoms with Crippen LogP contribution in [0.3, 0.4) is 0 Å². The number of alkyl halides is 3. The van der Waals surface area contributed by atoms with Crippen molar-refractivity contribution >= 4 is 23.7 Å². The third kappa shape index (κ3) is 4.39. The van der Waals surface area contributed by atoms with Gasteiger partial charge in [-0.15, -0.1) is 5.10 Å². The number of hydrogen-bond acceptors (Lipinski definition) is 5. The number of carbonyl (C=O) groups is 1. The van der Waals surface area contributed by atoms with Gasteiger partial charge in [-0.2, -0.15) is 13.2 Å². The molecule has 134 valence electrons. The maximum Gasteiger partial charge on any atom is 0.446 e. The van der Waals surface area contributed by atoms with Crippen molar-refractivity contribution in [2.24, 2.45) is 0 Å². The van der Waals surface area contributed by atoms with Crippen LogP contribution in [-0.2, 0) is 0 Å². The van der Waals surface area contributed by atoms with Gasteiger partial charge >= 0.3 is 11.5 Å². The van der Waals surface area contributed by atoms with Crippen LogP contribution in [0.5, 0.6) is 0 Å². The highest BCUT2D eigenvalue weighted by Gasteiger charge is 2.29. The molecule has 26 heavy (non-hydrogen) atoms. The molecule has 0 fully saturated rings. The molecule has 1 N–H and O–H groups in total. The fourth-order valence-corrected chi connectivity index (χ4v) is 2.62. The minimum atomic E-state index is -4.46. The van der Waals surface area contributed by atoms with Gasteiger partial charge < -0.3 is 4.42 Å². The van der Waals surface area contributed by atoms with Crippen molar-refractivity contribution in [2.75, 3.05) is 5.32 Å². The van der Waals surface area contributed by atoms with E-state index in [9.17, 15) is 22.4 Å². The summed E-state index contributed by atoms with van der Waals surface area (Å²) < 4.78 is 56.1. The van der Waals surface area contributed by atoms with E-state index in [1.807, 2.05) is 0 Å². The average Bonchev–Trinajstić information content (AvgIpc) is 3.02. The molecule has 0 atom stereocenters. The van der Waals surface area contributed by atoms with Crippen LogP contribution in [0.4, 0.5) is 23.6 Å². The number of anilines is 1. The van der Waals surface area contributed by atoms with Crippen LogP contribution in [-0.4, -0.2) is 21.6 Å². The highest BCUT2D eigenvalue weighted by atomic mass is 32.2. The molecular formula is C16H9F4N3O2S. The van der Waals surface area contributed by atoms with Gasteiger partial charge in [0, 0.05) is 10.5 Å². The smallest absolute Gasteiger partial charge is 0.403 e. The lowest BCUT2D eigenvalue weighted by molar-refractivity contribution is -0.0328. The Morgan fingerprint density at radius 3 is 2.58 bits per heavy atom. The molecule has 0 radical (unpaired) electrons. The minimum absolute atomic E-state index is 0.0232. The number of aromatic nitrogens is 2. The average molecular weight is 383 g/mol. The second-order valence-electron chi connectivity index (χ2n) is 4.92. The molecule has 3 rings (SSSR count). The Kier molecular flexibility index (Phi) is 4.94. The van der Waals surface area contributed by atoms with E-state index in [2.05, 4.69) is 15.5 Å². The Labute approximate surface area is 148 Å². The molecule has 0 saturated carbocycles. The maximum atomic E-state index is 13.7. The molecule has 10 heteroatoms. The van der Waals surface area contributed by atoms with Crippen LogP contribution >= 0.6 is 11.8 Å². The van der Waals surface area contributed by atoms with Crippen molar-refractivity contribution in [1.82, 2.24) is 10.2 Å². The van der Waals surface area contributed by atoms with Gasteiger partial charge in [-0.25, -0.2) is 4.39 Å². The summed E-state index contributed by atoms with van der Waals surface area (Å²) in [6.45, 7) is 0. The fourth-order valence-electron chi connectivity index (χ4n) is 2.02. The predicted octanol–water partition coefficient (Wildman–Crippen LogP) is 4.74. The zero-order valence-corrected chi connectivity index (χ0v) is 13.6. The van der Waals surface area contributed by atoms with Gasteiger partial charge in [0.15, 0.2) is 0 Å². The molecule has 1 amide bonds. The molecule has 3 aromatic rings. The highest BCUT2D eigenvalue weighted by Crippen LogP contribution is 2.37. The predicted molar refractivity (Wildman–Crippen MR) is 86.0 cm³/mol. The molecule has 0 aliphatic rings. The Morgan fingerprint density at radius 2 is 1.85 bits per heavy atom. The molecular weight excluding hydrogens is 374 g/mol. The Hall–Kier alpha value is -2.88. The Bertz CT molecular complexity index is 943. The van der Waals surface area contributed by atoms with Gasteiger partial charge in [0.2, 0.25) is 0 Å². The van der Waals surface area contributed by atoms with E-state index in [0.29, 0.717) is 0 Å². The first-order valence-corrected chi connectivity index (χ1v) is 7.89. The lowest BCUT2D eigenvalue weighted by atomic mass is 10.2. The van der Waals surface area contributed by atoms with E-state index in [0.717, 1.165) is 6.07 Å². The molecule has 0 bridgehead atoms. The van der Waals surface area contributed by atoms with E-state index in [1.165, 1.54) is 36.4 Å². The summed E-state index contributed by atoms with van der Waals surface area (Å²) in [5.41, 5.74) is -4.43. The quantitative estimate of drug-likeness (QED) is 0.521. The fraction of sp³-hybridized carbons (Fsp3) is 0.0625. The normalized spacial score (nSPS) is 11.4. The summed E-state index contributed by atoms with van der Waals surface area (Å²) in [6, 6.07) is 10.4. The lowest BCUT2D eigenvalue weighted by Gasteiger charge is -2.07. The Balaban J connectivity index is 1.75. The molecule has 0 saturated heterocycles. The SMILES string of the molecule is O=C(Nc1nnc(-c2ccccc2F)o1)c1cccc(SC(F)(F)F)c1. The van der Waals surface area contributed by atoms with E-state index >= 15 is 0 Å². The molecule has 2 aromatic carbocycles. The minimum Gasteiger partial charge on any atom is -0.403 e. The summed E-state index contributed by atoms with van der Waals surface area (Å²) >= 11 is -0.331. The standard InChI is InChI=1S/C16H9F4N3O2S/c17-12-7-2-1-6-11(12)14-22-23-15(25-14)21-13(24)9-4-3-5-10(8-9)26-16(18,19)20/h1-8H,(H,21,23,24). The van der Waals surface area contributed by atoms with Crippen LogP contribution in [0.2, 0.25) is 0 Å². The van der Waals surface area contributed by atoms with Crippen molar-refractivity contribution in [3.05, 3.63) is 59.9 Å². The number of amides is 1. The van der Waals surface area contributed by atoms with Crippen LogP contribution in [0.25, 0.3) is 11.5 Å². The Morgan fingerprint density at radius 1 is 1.08 bits per heavy atom. The summed E-state index contributed by atoms with van der Waals surface area (Å²) in [6.07, 6.45) is 0. The summed E-state index contributed by atoms with van der Waals surface area (Å²) in [5, 5.41) is 9.48. The van der Waals surface area contributed by atoms with E-state index in [1.54, 1.807) is 6.07 Å². The third-order valence-corrected chi connectivity index (χ3v) is 3.80. The second kappa shape index (κ2) is 7.16. The number of halogens is 4. The van der Waals surface area contributed by atoms with Crippen molar-refractivity contribution in [2.45, 2.75) is 10.4 Å². The van der Waals surface area contributed by atoms with Gasteiger partial charge in [0.1, 0.15) is 5.82 Å². The first kappa shape index (κ1) is 17.9. The maximum absolute atomic E-state index is 13.7. The molecule has 5 nitrogen and oxygen atoms in total. The van der Waals surface area contributed by atoms with Crippen LogP contribution in [0.15, 0.2) is 57.8 Å². The molecule has 1 aromatic heterocycles. The van der Waals surface area contributed by atoms with E-state index < -0.39 is 17.2 Å². The zero-order valence-electron chi connectivity index (χ0n) is 12.7. The van der Waals surface area contributed by atoms with Crippen LogP contribution in [0.1, 0.15) is 10.4 Å². The van der Waals surface area contributed by atoms with Crippen LogP contribution < -0.4 is 5.32 Å². The van der Waals surface area contributed by atoms with Crippen molar-refractivity contribution in [3.63, 3.8) is 0 Å². The number of nitrogens with zero attached hydrogens (tertiary/aromatic N) is 2. The summed E-state index contributed by atoms with van der Waals surface area (Å²) in [4.78, 5) is 12.0. The van der Waals surface area contributed by atoms with Gasteiger partial charge in [-0.3, -0.25) is 10.1 Å². The van der Waals surface area contributed by atoms with Gasteiger partial charge in [0.05, 0.1) is 5.56 Å². The first-order chi connectivity index (χ1) is 12.3. The lowest BCUT2D eigenvalue weighted by Crippen LogP contribution is -2.12. The summed E-state index contributed by atoms with van der Waals surface area (Å²) in [5.74, 6) is -1.45. The molecule has 1 heterocycles. The van der Waals surface area contributed by atoms with Crippen LogP contribution in [0, 0.1) is 5.82 Å². The largest absolute Gasteiger partial charge is 0.446 e. The molecule has 0 aliphatic heterocycles. The topological polar surface area (TPSA) is 68.0 Å². The molecule has 0 aliphatic carbocycles. The third-order valence-electron chi connectivity index (χ3n) is 3.08. The number of nitrogens with one attached hydrogen (secondary N) is 1. The van der Waals surface area contributed by atoms with E-state index in [4.69, 9.17) is 4.42 Å². The monoisotopic (exact) mass is 383 g/mol.